The standard InChI is InChI=1S/C21H30O6/c1-9-6-13(26-5)19(25)21(4)11(9)7-14-20(3)12(8-15(22)27-14)10(2)16(23)17(24)18(20)21/h6,9-12,14-15,17-18,22,24H,7-8H2,1-5H3/t9-,10-,11+,12+,14-,15+,17-,18+,20-,21+/m1/s1. The van der Waals surface area contributed by atoms with Crippen molar-refractivity contribution in [2.75, 3.05) is 7.11 Å². The Kier molecular flexibility index (Phi) is 4.16. The number of fused-ring (bicyclic) bond motifs is 2. The van der Waals surface area contributed by atoms with Gasteiger partial charge in [0.25, 0.3) is 0 Å². The smallest absolute Gasteiger partial charge is 0.203 e. The molecule has 0 unspecified atom stereocenters. The third-order valence-electron chi connectivity index (χ3n) is 8.47. The van der Waals surface area contributed by atoms with E-state index in [1.54, 1.807) is 0 Å². The first-order chi connectivity index (χ1) is 12.6. The number of Topliss-reactive ketones (excluding diaryl/α,β-unsaturated/α-hetero) is 2. The Labute approximate surface area is 159 Å². The molecule has 1 aliphatic heterocycles. The van der Waals surface area contributed by atoms with Gasteiger partial charge in [0.05, 0.1) is 13.2 Å². The highest BCUT2D eigenvalue weighted by Crippen LogP contribution is 2.67. The molecule has 1 saturated heterocycles. The Hall–Kier alpha value is -1.24. The minimum absolute atomic E-state index is 0.0370. The highest BCUT2D eigenvalue weighted by molar-refractivity contribution is 6.00. The van der Waals surface area contributed by atoms with Crippen LogP contribution >= 0.6 is 0 Å². The van der Waals surface area contributed by atoms with Crippen molar-refractivity contribution in [2.45, 2.75) is 59.0 Å². The van der Waals surface area contributed by atoms with Crippen LogP contribution in [0.3, 0.4) is 0 Å². The maximum atomic E-state index is 13.5. The summed E-state index contributed by atoms with van der Waals surface area (Å²) in [6, 6.07) is 0. The molecule has 10 atom stereocenters. The van der Waals surface area contributed by atoms with Gasteiger partial charge in [-0.3, -0.25) is 9.59 Å². The van der Waals surface area contributed by atoms with Crippen LogP contribution in [0.15, 0.2) is 11.8 Å². The zero-order valence-electron chi connectivity index (χ0n) is 16.6. The van der Waals surface area contributed by atoms with Crippen molar-refractivity contribution in [1.29, 1.82) is 0 Å². The van der Waals surface area contributed by atoms with E-state index in [4.69, 9.17) is 9.47 Å². The summed E-state index contributed by atoms with van der Waals surface area (Å²) in [6.45, 7) is 7.79. The Balaban J connectivity index is 1.93. The highest BCUT2D eigenvalue weighted by atomic mass is 16.6. The number of aliphatic hydroxyl groups excluding tert-OH is 2. The monoisotopic (exact) mass is 378 g/mol. The fourth-order valence-corrected chi connectivity index (χ4v) is 7.16. The van der Waals surface area contributed by atoms with Crippen LogP contribution in [0.1, 0.15) is 40.5 Å². The van der Waals surface area contributed by atoms with Gasteiger partial charge in [-0.05, 0) is 30.3 Å². The van der Waals surface area contributed by atoms with Crippen LogP contribution in [0.4, 0.5) is 0 Å². The summed E-state index contributed by atoms with van der Waals surface area (Å²) >= 11 is 0. The molecular formula is C21H30O6. The van der Waals surface area contributed by atoms with Crippen molar-refractivity contribution in [1.82, 2.24) is 0 Å². The molecule has 1 heterocycles. The quantitative estimate of drug-likeness (QED) is 0.721. The molecule has 0 aromatic carbocycles. The van der Waals surface area contributed by atoms with E-state index in [1.807, 2.05) is 33.8 Å². The van der Waals surface area contributed by atoms with E-state index < -0.39 is 29.1 Å². The molecule has 0 aromatic rings. The van der Waals surface area contributed by atoms with Crippen LogP contribution in [0.5, 0.6) is 0 Å². The lowest BCUT2D eigenvalue weighted by atomic mass is 9.38. The molecule has 2 N–H and O–H groups in total. The number of ether oxygens (including phenoxy) is 2. The molecule has 0 bridgehead atoms. The van der Waals surface area contributed by atoms with Gasteiger partial charge in [0.15, 0.2) is 17.8 Å². The number of carbonyl (C=O) groups excluding carboxylic acids is 2. The number of ketones is 2. The lowest BCUT2D eigenvalue weighted by Crippen LogP contribution is -2.73. The molecule has 150 valence electrons. The molecule has 3 aliphatic carbocycles. The van der Waals surface area contributed by atoms with Crippen LogP contribution in [-0.2, 0) is 19.1 Å². The lowest BCUT2D eigenvalue weighted by molar-refractivity contribution is -0.302. The normalized spacial score (nSPS) is 54.7. The van der Waals surface area contributed by atoms with Crippen molar-refractivity contribution in [3.63, 3.8) is 0 Å². The molecule has 4 rings (SSSR count). The SMILES string of the molecule is COC1=C[C@@H](C)[C@@H]2C[C@H]3O[C@H](O)C[C@H]4[C@@H](C)C(=O)[C@@H](O)[C@H]([C@@]2(C)C1=O)[C@@]34C. The van der Waals surface area contributed by atoms with Gasteiger partial charge in [-0.2, -0.15) is 0 Å². The third-order valence-corrected chi connectivity index (χ3v) is 8.47. The first-order valence-electron chi connectivity index (χ1n) is 9.94. The predicted octanol–water partition coefficient (Wildman–Crippen LogP) is 1.69. The molecule has 0 amide bonds. The summed E-state index contributed by atoms with van der Waals surface area (Å²) < 4.78 is 11.3. The Morgan fingerprint density at radius 3 is 2.44 bits per heavy atom. The fourth-order valence-electron chi connectivity index (χ4n) is 7.16. The Morgan fingerprint density at radius 2 is 1.81 bits per heavy atom. The zero-order valence-corrected chi connectivity index (χ0v) is 16.6. The summed E-state index contributed by atoms with van der Waals surface area (Å²) in [7, 11) is 1.49. The second-order valence-electron chi connectivity index (χ2n) is 9.45. The Bertz CT molecular complexity index is 715. The minimum Gasteiger partial charge on any atom is -0.493 e. The maximum absolute atomic E-state index is 13.5. The van der Waals surface area contributed by atoms with E-state index in [1.165, 1.54) is 7.11 Å². The molecule has 0 radical (unpaired) electrons. The number of rotatable bonds is 1. The summed E-state index contributed by atoms with van der Waals surface area (Å²) in [5, 5.41) is 21.4. The first-order valence-corrected chi connectivity index (χ1v) is 9.94. The first kappa shape index (κ1) is 19.1. The molecule has 0 aromatic heterocycles. The number of hydrogen-bond acceptors (Lipinski definition) is 6. The average Bonchev–Trinajstić information content (AvgIpc) is 2.61. The van der Waals surface area contributed by atoms with Crippen LogP contribution in [-0.4, -0.2) is 47.4 Å². The number of hydrogen-bond donors (Lipinski definition) is 2. The lowest BCUT2D eigenvalue weighted by Gasteiger charge is -2.67. The third kappa shape index (κ3) is 2.18. The van der Waals surface area contributed by atoms with Crippen LogP contribution in [0.2, 0.25) is 0 Å². The summed E-state index contributed by atoms with van der Waals surface area (Å²) in [6.07, 6.45) is 0.373. The van der Waals surface area contributed by atoms with E-state index in [0.29, 0.717) is 18.6 Å². The molecule has 6 heteroatoms. The molecular weight excluding hydrogens is 348 g/mol. The average molecular weight is 378 g/mol. The topological polar surface area (TPSA) is 93.1 Å². The van der Waals surface area contributed by atoms with Gasteiger partial charge in [-0.1, -0.05) is 27.7 Å². The van der Waals surface area contributed by atoms with E-state index in [9.17, 15) is 19.8 Å². The predicted molar refractivity (Wildman–Crippen MR) is 96.2 cm³/mol. The van der Waals surface area contributed by atoms with Crippen molar-refractivity contribution < 1.29 is 29.3 Å². The Morgan fingerprint density at radius 1 is 1.15 bits per heavy atom. The van der Waals surface area contributed by atoms with Crippen LogP contribution < -0.4 is 0 Å². The van der Waals surface area contributed by atoms with E-state index in [0.717, 1.165) is 0 Å². The van der Waals surface area contributed by atoms with Gasteiger partial charge in [-0.25, -0.2) is 0 Å². The van der Waals surface area contributed by atoms with Gasteiger partial charge in [-0.15, -0.1) is 0 Å². The minimum atomic E-state index is -1.22. The second kappa shape index (κ2) is 5.88. The van der Waals surface area contributed by atoms with E-state index in [-0.39, 0.29) is 41.3 Å². The van der Waals surface area contributed by atoms with Crippen molar-refractivity contribution in [2.24, 2.45) is 40.4 Å². The zero-order chi connectivity index (χ0) is 19.9. The molecule has 6 nitrogen and oxygen atoms in total. The second-order valence-corrected chi connectivity index (χ2v) is 9.45. The van der Waals surface area contributed by atoms with E-state index in [2.05, 4.69) is 0 Å². The summed E-state index contributed by atoms with van der Waals surface area (Å²) in [5.41, 5.74) is -1.48. The van der Waals surface area contributed by atoms with Crippen molar-refractivity contribution >= 4 is 11.6 Å². The maximum Gasteiger partial charge on any atom is 0.203 e. The van der Waals surface area contributed by atoms with Gasteiger partial charge >= 0.3 is 0 Å². The summed E-state index contributed by atoms with van der Waals surface area (Å²) in [5.74, 6) is -1.18. The van der Waals surface area contributed by atoms with Gasteiger partial charge in [0.2, 0.25) is 5.78 Å². The largest absolute Gasteiger partial charge is 0.493 e. The number of allylic oxidation sites excluding steroid dienone is 2. The van der Waals surface area contributed by atoms with Gasteiger partial charge < -0.3 is 19.7 Å². The highest BCUT2D eigenvalue weighted by Gasteiger charge is 2.72. The molecule has 27 heavy (non-hydrogen) atoms. The summed E-state index contributed by atoms with van der Waals surface area (Å²) in [4.78, 5) is 26.4. The molecule has 3 fully saturated rings. The number of methoxy groups -OCH3 is 1. The number of aliphatic hydroxyl groups is 2. The molecule has 4 aliphatic rings. The van der Waals surface area contributed by atoms with Gasteiger partial charge in [0, 0.05) is 29.1 Å². The van der Waals surface area contributed by atoms with Crippen LogP contribution in [0, 0.1) is 40.4 Å². The van der Waals surface area contributed by atoms with Crippen molar-refractivity contribution in [3.8, 4) is 0 Å². The van der Waals surface area contributed by atoms with Crippen LogP contribution in [0.25, 0.3) is 0 Å². The van der Waals surface area contributed by atoms with Gasteiger partial charge in [0.1, 0.15) is 6.10 Å². The van der Waals surface area contributed by atoms with Crippen molar-refractivity contribution in [3.05, 3.63) is 11.8 Å². The molecule has 0 spiro atoms. The number of carbonyl (C=O) groups is 2. The fraction of sp³-hybridized carbons (Fsp3) is 0.810. The molecule has 2 saturated carbocycles. The van der Waals surface area contributed by atoms with E-state index >= 15 is 0 Å².